The van der Waals surface area contributed by atoms with Crippen LogP contribution in [0.5, 0.6) is 5.75 Å². The molecular weight excluding hydrogens is 416 g/mol. The summed E-state index contributed by atoms with van der Waals surface area (Å²) in [7, 11) is 1.70. The summed E-state index contributed by atoms with van der Waals surface area (Å²) in [5.41, 5.74) is 3.31. The van der Waals surface area contributed by atoms with Crippen LogP contribution in [0.1, 0.15) is 44.0 Å². The average molecular weight is 453 g/mol. The van der Waals surface area contributed by atoms with Gasteiger partial charge >= 0.3 is 0 Å². The van der Waals surface area contributed by atoms with E-state index >= 15 is 0 Å². The molecule has 0 aliphatic carbocycles. The zero-order valence-electron chi connectivity index (χ0n) is 20.3. The Morgan fingerprint density at radius 3 is 2.18 bits per heavy atom. The van der Waals surface area contributed by atoms with Gasteiger partial charge in [-0.05, 0) is 50.6 Å². The van der Waals surface area contributed by atoms with Gasteiger partial charge in [-0.1, -0.05) is 19.1 Å². The number of ether oxygens (including phenoxy) is 1. The fourth-order valence-electron chi connectivity index (χ4n) is 4.27. The third kappa shape index (κ3) is 5.78. The SMILES string of the molecule is CCCC(=O)Nc1ccc(N2CCN(c3ccccc3OC)CC2)c(C(=O)N(CC)CC)c1. The van der Waals surface area contributed by atoms with Gasteiger partial charge in [0.05, 0.1) is 18.4 Å². The number of carbonyl (C=O) groups is 2. The van der Waals surface area contributed by atoms with Crippen LogP contribution in [-0.4, -0.2) is 63.1 Å². The summed E-state index contributed by atoms with van der Waals surface area (Å²) in [6.07, 6.45) is 1.25. The van der Waals surface area contributed by atoms with Gasteiger partial charge in [0.2, 0.25) is 5.91 Å². The van der Waals surface area contributed by atoms with E-state index in [1.165, 1.54) is 0 Å². The van der Waals surface area contributed by atoms with Crippen LogP contribution in [0.25, 0.3) is 0 Å². The van der Waals surface area contributed by atoms with Gasteiger partial charge in [-0.3, -0.25) is 9.59 Å². The molecule has 2 aromatic carbocycles. The van der Waals surface area contributed by atoms with Gasteiger partial charge in [0.15, 0.2) is 0 Å². The van der Waals surface area contributed by atoms with E-state index in [0.29, 0.717) is 30.8 Å². The number of carbonyl (C=O) groups excluding carboxylic acids is 2. The average Bonchev–Trinajstić information content (AvgIpc) is 2.85. The van der Waals surface area contributed by atoms with Crippen molar-refractivity contribution in [1.29, 1.82) is 0 Å². The molecule has 1 fully saturated rings. The predicted octanol–water partition coefficient (Wildman–Crippen LogP) is 4.24. The van der Waals surface area contributed by atoms with Crippen LogP contribution >= 0.6 is 0 Å². The normalized spacial score (nSPS) is 13.6. The highest BCUT2D eigenvalue weighted by Gasteiger charge is 2.25. The maximum absolute atomic E-state index is 13.4. The number of hydrogen-bond acceptors (Lipinski definition) is 5. The first-order valence-corrected chi connectivity index (χ1v) is 11.9. The Kier molecular flexibility index (Phi) is 8.58. The lowest BCUT2D eigenvalue weighted by Crippen LogP contribution is -2.47. The summed E-state index contributed by atoms with van der Waals surface area (Å²) >= 11 is 0. The molecule has 0 radical (unpaired) electrons. The van der Waals surface area contributed by atoms with E-state index in [1.54, 1.807) is 7.11 Å². The van der Waals surface area contributed by atoms with Crippen molar-refractivity contribution in [2.45, 2.75) is 33.6 Å². The van der Waals surface area contributed by atoms with Crippen molar-refractivity contribution in [2.24, 2.45) is 0 Å². The molecule has 3 rings (SSSR count). The Morgan fingerprint density at radius 1 is 0.939 bits per heavy atom. The number of anilines is 3. The molecule has 7 heteroatoms. The smallest absolute Gasteiger partial charge is 0.256 e. The first-order chi connectivity index (χ1) is 16.0. The zero-order valence-corrected chi connectivity index (χ0v) is 20.3. The molecule has 2 amide bonds. The van der Waals surface area contributed by atoms with Crippen LogP contribution in [0.3, 0.4) is 0 Å². The van der Waals surface area contributed by atoms with Crippen molar-refractivity contribution in [3.05, 3.63) is 48.0 Å². The van der Waals surface area contributed by atoms with E-state index in [9.17, 15) is 9.59 Å². The highest BCUT2D eigenvalue weighted by atomic mass is 16.5. The molecule has 1 saturated heterocycles. The number of nitrogens with zero attached hydrogens (tertiary/aromatic N) is 3. The second-order valence-corrected chi connectivity index (χ2v) is 8.15. The number of rotatable bonds is 9. The Labute approximate surface area is 197 Å². The quantitative estimate of drug-likeness (QED) is 0.616. The highest BCUT2D eigenvalue weighted by molar-refractivity contribution is 6.02. The topological polar surface area (TPSA) is 65.1 Å². The number of amides is 2. The summed E-state index contributed by atoms with van der Waals surface area (Å²) in [6.45, 7) is 10.5. The first-order valence-electron chi connectivity index (χ1n) is 11.9. The lowest BCUT2D eigenvalue weighted by Gasteiger charge is -2.38. The van der Waals surface area contributed by atoms with Gasteiger partial charge in [-0.15, -0.1) is 0 Å². The molecular formula is C26H36N4O3. The van der Waals surface area contributed by atoms with Crippen molar-refractivity contribution in [3.8, 4) is 5.75 Å². The Hall–Kier alpha value is -3.22. The molecule has 1 N–H and O–H groups in total. The fraction of sp³-hybridized carbons (Fsp3) is 0.462. The van der Waals surface area contributed by atoms with Gasteiger partial charge in [-0.25, -0.2) is 0 Å². The maximum Gasteiger partial charge on any atom is 0.256 e. The number of nitrogens with one attached hydrogen (secondary N) is 1. The van der Waals surface area contributed by atoms with Crippen LogP contribution in [0.4, 0.5) is 17.1 Å². The monoisotopic (exact) mass is 452 g/mol. The molecule has 7 nitrogen and oxygen atoms in total. The molecule has 0 bridgehead atoms. The van der Waals surface area contributed by atoms with E-state index < -0.39 is 0 Å². The summed E-state index contributed by atoms with van der Waals surface area (Å²) in [4.78, 5) is 31.9. The third-order valence-electron chi connectivity index (χ3n) is 6.08. The Bertz CT molecular complexity index is 950. The van der Waals surface area contributed by atoms with Gasteiger partial charge in [0.25, 0.3) is 5.91 Å². The van der Waals surface area contributed by atoms with Crippen molar-refractivity contribution < 1.29 is 14.3 Å². The van der Waals surface area contributed by atoms with Gasteiger partial charge in [0, 0.05) is 57.1 Å². The van der Waals surface area contributed by atoms with E-state index in [2.05, 4.69) is 21.2 Å². The molecule has 1 aliphatic rings. The van der Waals surface area contributed by atoms with Gasteiger partial charge in [0.1, 0.15) is 5.75 Å². The minimum Gasteiger partial charge on any atom is -0.495 e. The highest BCUT2D eigenvalue weighted by Crippen LogP contribution is 2.31. The largest absolute Gasteiger partial charge is 0.495 e. The number of methoxy groups -OCH3 is 1. The van der Waals surface area contributed by atoms with Crippen LogP contribution in [-0.2, 0) is 4.79 Å². The lowest BCUT2D eigenvalue weighted by molar-refractivity contribution is -0.116. The Balaban J connectivity index is 1.84. The van der Waals surface area contributed by atoms with Crippen molar-refractivity contribution in [3.63, 3.8) is 0 Å². The van der Waals surface area contributed by atoms with Crippen LogP contribution in [0, 0.1) is 0 Å². The Morgan fingerprint density at radius 2 is 1.58 bits per heavy atom. The molecule has 178 valence electrons. The first kappa shape index (κ1) is 24.4. The van der Waals surface area contributed by atoms with E-state index in [4.69, 9.17) is 4.74 Å². The predicted molar refractivity (Wildman–Crippen MR) is 135 cm³/mol. The van der Waals surface area contributed by atoms with Crippen molar-refractivity contribution in [2.75, 3.05) is 61.5 Å². The van der Waals surface area contributed by atoms with Gasteiger partial charge in [-0.2, -0.15) is 0 Å². The third-order valence-corrected chi connectivity index (χ3v) is 6.08. The molecule has 0 atom stereocenters. The van der Waals surface area contributed by atoms with Crippen molar-refractivity contribution >= 4 is 28.9 Å². The standard InChI is InChI=1S/C26H36N4O3/c1-5-10-25(31)27-20-13-14-22(21(19-20)26(32)28(6-2)7-3)29-15-17-30(18-16-29)23-11-8-9-12-24(23)33-4/h8-9,11-14,19H,5-7,10,15-18H2,1-4H3,(H,27,31). The van der Waals surface area contributed by atoms with Crippen molar-refractivity contribution in [1.82, 2.24) is 4.90 Å². The summed E-state index contributed by atoms with van der Waals surface area (Å²) in [6, 6.07) is 13.8. The lowest BCUT2D eigenvalue weighted by atomic mass is 10.1. The minimum absolute atomic E-state index is 0.00579. The van der Waals surface area contributed by atoms with Crippen LogP contribution in [0.2, 0.25) is 0 Å². The second-order valence-electron chi connectivity index (χ2n) is 8.15. The number of para-hydroxylation sites is 2. The van der Waals surface area contributed by atoms with Crippen LogP contribution in [0.15, 0.2) is 42.5 Å². The van der Waals surface area contributed by atoms with Gasteiger partial charge < -0.3 is 24.8 Å². The fourth-order valence-corrected chi connectivity index (χ4v) is 4.27. The molecule has 33 heavy (non-hydrogen) atoms. The van der Waals surface area contributed by atoms with E-state index in [-0.39, 0.29) is 11.8 Å². The van der Waals surface area contributed by atoms with Crippen LogP contribution < -0.4 is 19.9 Å². The summed E-state index contributed by atoms with van der Waals surface area (Å²) < 4.78 is 5.53. The summed E-state index contributed by atoms with van der Waals surface area (Å²) in [5, 5.41) is 2.93. The zero-order chi connectivity index (χ0) is 23.8. The molecule has 0 saturated carbocycles. The minimum atomic E-state index is -0.0306. The van der Waals surface area contributed by atoms with E-state index in [1.807, 2.05) is 62.1 Å². The summed E-state index contributed by atoms with van der Waals surface area (Å²) in [5.74, 6) is 0.834. The molecule has 0 spiro atoms. The molecule has 0 aromatic heterocycles. The molecule has 1 aliphatic heterocycles. The number of hydrogen-bond donors (Lipinski definition) is 1. The maximum atomic E-state index is 13.4. The molecule has 1 heterocycles. The molecule has 2 aromatic rings. The number of benzene rings is 2. The number of piperazine rings is 1. The molecule has 0 unspecified atom stereocenters. The van der Waals surface area contributed by atoms with E-state index in [0.717, 1.165) is 49.7 Å². The second kappa shape index (κ2) is 11.6.